The van der Waals surface area contributed by atoms with Crippen molar-refractivity contribution in [2.24, 2.45) is 0 Å². The Labute approximate surface area is 166 Å². The molecule has 0 aliphatic rings. The number of methoxy groups -OCH3 is 1. The Morgan fingerprint density at radius 2 is 2.07 bits per heavy atom. The van der Waals surface area contributed by atoms with Gasteiger partial charge in [-0.3, -0.25) is 4.79 Å². The lowest BCUT2D eigenvalue weighted by molar-refractivity contribution is -0.111. The van der Waals surface area contributed by atoms with Gasteiger partial charge in [-0.1, -0.05) is 0 Å². The number of anilines is 1. The van der Waals surface area contributed by atoms with Gasteiger partial charge in [0.1, 0.15) is 11.3 Å². The first-order valence-electron chi connectivity index (χ1n) is 8.87. The molecular formula is C22H20N2O3S. The molecule has 0 saturated carbocycles. The van der Waals surface area contributed by atoms with Crippen LogP contribution in [0, 0.1) is 13.8 Å². The number of hydrogen-bond donors (Lipinski definition) is 1. The minimum Gasteiger partial charge on any atom is -0.496 e. The highest BCUT2D eigenvalue weighted by Gasteiger charge is 2.12. The van der Waals surface area contributed by atoms with Gasteiger partial charge in [-0.2, -0.15) is 0 Å². The molecule has 28 heavy (non-hydrogen) atoms. The molecule has 2 heterocycles. The van der Waals surface area contributed by atoms with Gasteiger partial charge in [0.2, 0.25) is 5.91 Å². The number of carbonyl (C=O) groups excluding carboxylic acids is 1. The third-order valence-corrected chi connectivity index (χ3v) is 5.58. The normalized spacial score (nSPS) is 11.9. The monoisotopic (exact) mass is 392 g/mol. The van der Waals surface area contributed by atoms with Gasteiger partial charge in [-0.25, -0.2) is 4.98 Å². The van der Waals surface area contributed by atoms with Crippen LogP contribution in [0.4, 0.5) is 5.69 Å². The fourth-order valence-corrected chi connectivity index (χ4v) is 4.04. The van der Waals surface area contributed by atoms with E-state index in [1.807, 2.05) is 51.1 Å². The maximum atomic E-state index is 12.6. The van der Waals surface area contributed by atoms with E-state index in [0.29, 0.717) is 5.75 Å². The molecule has 1 N–H and O–H groups in total. The highest BCUT2D eigenvalue weighted by Crippen LogP contribution is 2.33. The second-order valence-corrected chi connectivity index (χ2v) is 7.93. The summed E-state index contributed by atoms with van der Waals surface area (Å²) in [6, 6.07) is 9.61. The predicted molar refractivity (Wildman–Crippen MR) is 114 cm³/mol. The standard InChI is InChI=1S/C22H20N2O3S/c1-12(16-9-17-13(2)11-27-20(17)10-19(16)26-4)7-22(25)24-15-5-6-21-18(8-15)23-14(3)28-21/h5-11H,1-4H3,(H,24,25)/b12-7+. The van der Waals surface area contributed by atoms with Gasteiger partial charge in [-0.15, -0.1) is 11.3 Å². The number of carbonyl (C=O) groups is 1. The zero-order chi connectivity index (χ0) is 19.8. The van der Waals surface area contributed by atoms with Crippen LogP contribution < -0.4 is 10.1 Å². The summed E-state index contributed by atoms with van der Waals surface area (Å²) >= 11 is 1.64. The van der Waals surface area contributed by atoms with Crippen LogP contribution in [0.3, 0.4) is 0 Å². The zero-order valence-corrected chi connectivity index (χ0v) is 16.9. The molecule has 0 spiro atoms. The highest BCUT2D eigenvalue weighted by atomic mass is 32.1. The summed E-state index contributed by atoms with van der Waals surface area (Å²) < 4.78 is 12.1. The molecular weight excluding hydrogens is 372 g/mol. The second kappa shape index (κ2) is 7.13. The van der Waals surface area contributed by atoms with Crippen molar-refractivity contribution < 1.29 is 13.9 Å². The average molecular weight is 392 g/mol. The predicted octanol–water partition coefficient (Wildman–Crippen LogP) is 5.71. The third kappa shape index (κ3) is 3.39. The SMILES string of the molecule is COc1cc2occ(C)c2cc1/C(C)=C/C(=O)Nc1ccc2sc(C)nc2c1. The number of nitrogens with zero attached hydrogens (tertiary/aromatic N) is 1. The van der Waals surface area contributed by atoms with E-state index in [9.17, 15) is 4.79 Å². The smallest absolute Gasteiger partial charge is 0.248 e. The number of fused-ring (bicyclic) bond motifs is 2. The van der Waals surface area contributed by atoms with Crippen LogP contribution in [-0.4, -0.2) is 18.0 Å². The van der Waals surface area contributed by atoms with Crippen molar-refractivity contribution in [1.82, 2.24) is 4.98 Å². The summed E-state index contributed by atoms with van der Waals surface area (Å²) in [7, 11) is 1.61. The van der Waals surface area contributed by atoms with Crippen LogP contribution in [0.1, 0.15) is 23.1 Å². The van der Waals surface area contributed by atoms with Crippen molar-refractivity contribution in [3.63, 3.8) is 0 Å². The van der Waals surface area contributed by atoms with E-state index < -0.39 is 0 Å². The molecule has 0 atom stereocenters. The van der Waals surface area contributed by atoms with Gasteiger partial charge < -0.3 is 14.5 Å². The van der Waals surface area contributed by atoms with E-state index in [4.69, 9.17) is 9.15 Å². The van der Waals surface area contributed by atoms with Crippen LogP contribution in [-0.2, 0) is 4.79 Å². The van der Waals surface area contributed by atoms with Gasteiger partial charge in [0.25, 0.3) is 0 Å². The molecule has 2 aromatic carbocycles. The lowest BCUT2D eigenvalue weighted by Gasteiger charge is -2.10. The summed E-state index contributed by atoms with van der Waals surface area (Å²) in [6.45, 7) is 5.86. The zero-order valence-electron chi connectivity index (χ0n) is 16.1. The molecule has 2 aromatic heterocycles. The number of hydrogen-bond acceptors (Lipinski definition) is 5. The minimum atomic E-state index is -0.199. The fraction of sp³-hybridized carbons (Fsp3) is 0.182. The Hall–Kier alpha value is -3.12. The fourth-order valence-electron chi connectivity index (χ4n) is 3.23. The van der Waals surface area contributed by atoms with Crippen LogP contribution in [0.15, 0.2) is 47.1 Å². The number of allylic oxidation sites excluding steroid dienone is 1. The van der Waals surface area contributed by atoms with E-state index in [1.165, 1.54) is 0 Å². The molecule has 1 amide bonds. The maximum Gasteiger partial charge on any atom is 0.248 e. The quantitative estimate of drug-likeness (QED) is 0.452. The Morgan fingerprint density at radius 3 is 2.86 bits per heavy atom. The van der Waals surface area contributed by atoms with Gasteiger partial charge in [0.05, 0.1) is 28.6 Å². The number of thiazole rings is 1. The molecule has 0 bridgehead atoms. The molecule has 4 aromatic rings. The summed E-state index contributed by atoms with van der Waals surface area (Å²) in [5.41, 5.74) is 5.09. The maximum absolute atomic E-state index is 12.6. The Kier molecular flexibility index (Phi) is 4.65. The Bertz CT molecular complexity index is 1230. The average Bonchev–Trinajstić information content (AvgIpc) is 3.21. The van der Waals surface area contributed by atoms with Crippen LogP contribution in [0.25, 0.3) is 26.8 Å². The molecule has 6 heteroatoms. The molecule has 0 saturated heterocycles. The summed E-state index contributed by atoms with van der Waals surface area (Å²) in [6.07, 6.45) is 3.30. The van der Waals surface area contributed by atoms with E-state index in [2.05, 4.69) is 10.3 Å². The van der Waals surface area contributed by atoms with Crippen LogP contribution in [0.5, 0.6) is 5.75 Å². The lowest BCUT2D eigenvalue weighted by Crippen LogP contribution is -2.08. The molecule has 0 fully saturated rings. The number of aromatic nitrogens is 1. The number of rotatable bonds is 4. The first kappa shape index (κ1) is 18.3. The topological polar surface area (TPSA) is 64.4 Å². The van der Waals surface area contributed by atoms with Gasteiger partial charge in [0.15, 0.2) is 0 Å². The molecule has 0 aliphatic heterocycles. The number of nitrogens with one attached hydrogen (secondary N) is 1. The molecule has 0 aliphatic carbocycles. The number of aryl methyl sites for hydroxylation is 2. The number of furan rings is 1. The molecule has 0 radical (unpaired) electrons. The van der Waals surface area contributed by atoms with Crippen molar-refractivity contribution in [3.8, 4) is 5.75 Å². The van der Waals surface area contributed by atoms with Gasteiger partial charge >= 0.3 is 0 Å². The van der Waals surface area contributed by atoms with Crippen molar-refractivity contribution in [1.29, 1.82) is 0 Å². The van der Waals surface area contributed by atoms with Crippen molar-refractivity contribution in [3.05, 3.63) is 58.8 Å². The van der Waals surface area contributed by atoms with Crippen molar-refractivity contribution >= 4 is 49.7 Å². The summed E-state index contributed by atoms with van der Waals surface area (Å²) in [5.74, 6) is 0.470. The Morgan fingerprint density at radius 1 is 1.25 bits per heavy atom. The molecule has 142 valence electrons. The number of benzene rings is 2. The second-order valence-electron chi connectivity index (χ2n) is 6.70. The van der Waals surface area contributed by atoms with E-state index in [1.54, 1.807) is 30.8 Å². The highest BCUT2D eigenvalue weighted by molar-refractivity contribution is 7.18. The number of amides is 1. The molecule has 5 nitrogen and oxygen atoms in total. The van der Waals surface area contributed by atoms with Gasteiger partial charge in [-0.05, 0) is 56.2 Å². The molecule has 4 rings (SSSR count). The largest absolute Gasteiger partial charge is 0.496 e. The first-order valence-corrected chi connectivity index (χ1v) is 9.69. The first-order chi connectivity index (χ1) is 13.4. The van der Waals surface area contributed by atoms with E-state index in [0.717, 1.165) is 48.6 Å². The van der Waals surface area contributed by atoms with Gasteiger partial charge in [0, 0.05) is 28.8 Å². The third-order valence-electron chi connectivity index (χ3n) is 4.62. The lowest BCUT2D eigenvalue weighted by atomic mass is 10.0. The van der Waals surface area contributed by atoms with Crippen LogP contribution in [0.2, 0.25) is 0 Å². The van der Waals surface area contributed by atoms with Crippen molar-refractivity contribution in [2.75, 3.05) is 12.4 Å². The summed E-state index contributed by atoms with van der Waals surface area (Å²) in [5, 5.41) is 4.93. The van der Waals surface area contributed by atoms with E-state index in [-0.39, 0.29) is 5.91 Å². The molecule has 0 unspecified atom stereocenters. The van der Waals surface area contributed by atoms with Crippen molar-refractivity contribution in [2.45, 2.75) is 20.8 Å². The minimum absolute atomic E-state index is 0.199. The van der Waals surface area contributed by atoms with E-state index >= 15 is 0 Å². The number of ether oxygens (including phenoxy) is 1. The van der Waals surface area contributed by atoms with Crippen LogP contribution >= 0.6 is 11.3 Å². The summed E-state index contributed by atoms with van der Waals surface area (Å²) in [4.78, 5) is 17.0. The Balaban J connectivity index is 1.62.